The van der Waals surface area contributed by atoms with Crippen LogP contribution in [0.4, 0.5) is 5.69 Å². The van der Waals surface area contributed by atoms with Gasteiger partial charge in [-0.15, -0.1) is 12.8 Å². The molecule has 3 aromatic rings. The molecule has 29 heavy (non-hydrogen) atoms. The highest BCUT2D eigenvalue weighted by Crippen LogP contribution is 2.21. The fourth-order valence-electron chi connectivity index (χ4n) is 2.52. The van der Waals surface area contributed by atoms with E-state index in [1.165, 1.54) is 0 Å². The van der Waals surface area contributed by atoms with E-state index in [9.17, 15) is 0 Å². The van der Waals surface area contributed by atoms with Crippen molar-refractivity contribution in [2.75, 3.05) is 5.73 Å². The Morgan fingerprint density at radius 3 is 1.59 bits per heavy atom. The number of rotatable bonds is 4. The largest absolute Gasteiger partial charge is 0.445 e. The molecule has 0 fully saturated rings. The van der Waals surface area contributed by atoms with Gasteiger partial charge in [0.1, 0.15) is 11.5 Å². The van der Waals surface area contributed by atoms with E-state index in [2.05, 4.69) is 11.8 Å². The summed E-state index contributed by atoms with van der Waals surface area (Å²) in [5.41, 5.74) is 9.10. The molecular formula is C24H15NO2S2. The van der Waals surface area contributed by atoms with Crippen LogP contribution in [0.1, 0.15) is 22.3 Å². The smallest absolute Gasteiger partial charge is 0.198 e. The molecule has 0 atom stereocenters. The highest BCUT2D eigenvalue weighted by molar-refractivity contribution is 7.80. The summed E-state index contributed by atoms with van der Waals surface area (Å²) in [5.74, 6) is 6.19. The number of hydrogen-bond donors (Lipinski definition) is 1. The standard InChI is InChI=1S/C24H15NO2S2/c1-3-16-7-5-9-21(11-16)26-23(28)18-13-19(15-20(25)14-18)24(29)27-22-10-6-8-17(4-2)12-22/h1-2,5-15H,25H2. The first kappa shape index (κ1) is 20.1. The van der Waals surface area contributed by atoms with Crippen LogP contribution < -0.4 is 15.2 Å². The van der Waals surface area contributed by atoms with Gasteiger partial charge in [-0.3, -0.25) is 0 Å². The maximum Gasteiger partial charge on any atom is 0.198 e. The first-order valence-electron chi connectivity index (χ1n) is 8.47. The lowest BCUT2D eigenvalue weighted by Crippen LogP contribution is -2.12. The number of anilines is 1. The monoisotopic (exact) mass is 413 g/mol. The fraction of sp³-hybridized carbons (Fsp3) is 0. The average Bonchev–Trinajstić information content (AvgIpc) is 2.73. The predicted molar refractivity (Wildman–Crippen MR) is 124 cm³/mol. The molecule has 140 valence electrons. The second-order valence-electron chi connectivity index (χ2n) is 5.97. The van der Waals surface area contributed by atoms with Gasteiger partial charge >= 0.3 is 0 Å². The van der Waals surface area contributed by atoms with E-state index in [1.807, 2.05) is 0 Å². The zero-order valence-electron chi connectivity index (χ0n) is 15.2. The summed E-state index contributed by atoms with van der Waals surface area (Å²) in [6.45, 7) is 0. The minimum Gasteiger partial charge on any atom is -0.445 e. The van der Waals surface area contributed by atoms with Crippen molar-refractivity contribution in [2.45, 2.75) is 0 Å². The lowest BCUT2D eigenvalue weighted by Gasteiger charge is -2.12. The van der Waals surface area contributed by atoms with Crippen LogP contribution in [-0.4, -0.2) is 10.1 Å². The van der Waals surface area contributed by atoms with Crippen LogP contribution in [0.25, 0.3) is 0 Å². The van der Waals surface area contributed by atoms with Gasteiger partial charge in [0.15, 0.2) is 10.1 Å². The lowest BCUT2D eigenvalue weighted by atomic mass is 10.1. The number of thiocarbonyl (C=S) groups is 2. The van der Waals surface area contributed by atoms with Crippen molar-refractivity contribution >= 4 is 40.2 Å². The molecule has 3 aromatic carbocycles. The van der Waals surface area contributed by atoms with Gasteiger partial charge in [-0.1, -0.05) is 24.0 Å². The number of nitrogens with two attached hydrogens (primary N) is 1. The number of nitrogen functional groups attached to an aromatic ring is 1. The molecule has 0 amide bonds. The molecule has 0 saturated carbocycles. The van der Waals surface area contributed by atoms with Crippen LogP contribution in [0, 0.1) is 24.7 Å². The van der Waals surface area contributed by atoms with Gasteiger partial charge in [0, 0.05) is 27.9 Å². The Labute approximate surface area is 180 Å². The topological polar surface area (TPSA) is 44.5 Å². The lowest BCUT2D eigenvalue weighted by molar-refractivity contribution is 0.564. The molecule has 0 aromatic heterocycles. The van der Waals surface area contributed by atoms with Crippen LogP contribution in [0.15, 0.2) is 66.7 Å². The van der Waals surface area contributed by atoms with Gasteiger partial charge in [0.2, 0.25) is 0 Å². The van der Waals surface area contributed by atoms with Crippen molar-refractivity contribution in [3.8, 4) is 36.2 Å². The molecule has 0 radical (unpaired) electrons. The Morgan fingerprint density at radius 2 is 1.17 bits per heavy atom. The molecule has 0 saturated heterocycles. The average molecular weight is 414 g/mol. The summed E-state index contributed by atoms with van der Waals surface area (Å²) < 4.78 is 11.5. The van der Waals surface area contributed by atoms with Crippen LogP contribution in [0.3, 0.4) is 0 Å². The summed E-state index contributed by atoms with van der Waals surface area (Å²) in [7, 11) is 0. The van der Waals surface area contributed by atoms with E-state index in [1.54, 1.807) is 66.7 Å². The number of benzene rings is 3. The van der Waals surface area contributed by atoms with Gasteiger partial charge in [0.25, 0.3) is 0 Å². The van der Waals surface area contributed by atoms with E-state index in [4.69, 9.17) is 52.5 Å². The van der Waals surface area contributed by atoms with Crippen molar-refractivity contribution in [3.63, 3.8) is 0 Å². The van der Waals surface area contributed by atoms with Crippen molar-refractivity contribution in [2.24, 2.45) is 0 Å². The van der Waals surface area contributed by atoms with Gasteiger partial charge in [0.05, 0.1) is 0 Å². The molecule has 3 rings (SSSR count). The molecule has 2 N–H and O–H groups in total. The maximum absolute atomic E-state index is 6.03. The van der Waals surface area contributed by atoms with Crippen molar-refractivity contribution in [1.82, 2.24) is 0 Å². The quantitative estimate of drug-likeness (QED) is 0.380. The third-order valence-electron chi connectivity index (χ3n) is 3.85. The van der Waals surface area contributed by atoms with Crippen LogP contribution >= 0.6 is 24.4 Å². The zero-order chi connectivity index (χ0) is 20.8. The number of hydrogen-bond acceptors (Lipinski definition) is 5. The minimum absolute atomic E-state index is 0.241. The Bertz CT molecular complexity index is 1100. The van der Waals surface area contributed by atoms with Crippen molar-refractivity contribution in [3.05, 3.63) is 89.0 Å². The minimum atomic E-state index is 0.241. The normalized spacial score (nSPS) is 9.72. The van der Waals surface area contributed by atoms with Crippen LogP contribution in [-0.2, 0) is 0 Å². The first-order chi connectivity index (χ1) is 14.0. The van der Waals surface area contributed by atoms with Gasteiger partial charge < -0.3 is 15.2 Å². The van der Waals surface area contributed by atoms with Crippen LogP contribution in [0.2, 0.25) is 0 Å². The molecular weight excluding hydrogens is 398 g/mol. The maximum atomic E-state index is 6.03. The summed E-state index contributed by atoms with van der Waals surface area (Å²) in [6, 6.07) is 19.4. The van der Waals surface area contributed by atoms with E-state index in [0.29, 0.717) is 39.4 Å². The number of terminal acetylenes is 2. The number of ether oxygens (including phenoxy) is 2. The van der Waals surface area contributed by atoms with E-state index >= 15 is 0 Å². The van der Waals surface area contributed by atoms with Crippen LogP contribution in [0.5, 0.6) is 11.5 Å². The van der Waals surface area contributed by atoms with E-state index in [-0.39, 0.29) is 10.1 Å². The Balaban J connectivity index is 1.81. The molecule has 0 bridgehead atoms. The molecule has 0 unspecified atom stereocenters. The molecule has 0 aliphatic carbocycles. The second kappa shape index (κ2) is 9.03. The van der Waals surface area contributed by atoms with E-state index in [0.717, 1.165) is 0 Å². The Hall–Kier alpha value is -3.64. The van der Waals surface area contributed by atoms with Crippen molar-refractivity contribution in [1.29, 1.82) is 0 Å². The molecule has 0 spiro atoms. The van der Waals surface area contributed by atoms with Gasteiger partial charge in [-0.2, -0.15) is 0 Å². The molecule has 0 heterocycles. The molecule has 5 heteroatoms. The third kappa shape index (κ3) is 5.21. The summed E-state index contributed by atoms with van der Waals surface area (Å²) in [5, 5.41) is 0.481. The summed E-state index contributed by atoms with van der Waals surface area (Å²) in [4.78, 5) is 0. The highest BCUT2D eigenvalue weighted by atomic mass is 32.1. The third-order valence-corrected chi connectivity index (χ3v) is 4.49. The molecule has 0 aliphatic rings. The SMILES string of the molecule is C#Cc1cccc(OC(=S)c2cc(N)cc(C(=S)Oc3cccc(C#C)c3)c2)c1. The first-order valence-corrected chi connectivity index (χ1v) is 9.28. The molecule has 3 nitrogen and oxygen atoms in total. The second-order valence-corrected chi connectivity index (χ2v) is 6.71. The summed E-state index contributed by atoms with van der Waals surface area (Å²) in [6.07, 6.45) is 10.8. The predicted octanol–water partition coefficient (Wildman–Crippen LogP) is 4.74. The highest BCUT2D eigenvalue weighted by Gasteiger charge is 2.12. The zero-order valence-corrected chi connectivity index (χ0v) is 16.8. The Morgan fingerprint density at radius 1 is 0.724 bits per heavy atom. The van der Waals surface area contributed by atoms with Crippen molar-refractivity contribution < 1.29 is 9.47 Å². The fourth-order valence-corrected chi connectivity index (χ4v) is 2.95. The molecule has 0 aliphatic heterocycles. The van der Waals surface area contributed by atoms with Gasteiger partial charge in [-0.05, 0) is 79.0 Å². The van der Waals surface area contributed by atoms with Gasteiger partial charge in [-0.25, -0.2) is 0 Å². The Kier molecular flexibility index (Phi) is 6.26. The van der Waals surface area contributed by atoms with E-state index < -0.39 is 0 Å². The summed E-state index contributed by atoms with van der Waals surface area (Å²) >= 11 is 10.8.